The normalized spacial score (nSPS) is 22.5. The third-order valence-corrected chi connectivity index (χ3v) is 6.14. The molecule has 1 N–H and O–H groups in total. The van der Waals surface area contributed by atoms with E-state index in [1.54, 1.807) is 14.2 Å². The second-order valence-electron chi connectivity index (χ2n) is 6.97. The van der Waals surface area contributed by atoms with Crippen molar-refractivity contribution in [1.29, 1.82) is 0 Å². The van der Waals surface area contributed by atoms with Gasteiger partial charge in [0.2, 0.25) is 0 Å². The molecule has 1 aliphatic carbocycles. The van der Waals surface area contributed by atoms with Crippen molar-refractivity contribution >= 4 is 8.60 Å². The van der Waals surface area contributed by atoms with Crippen LogP contribution in [0.5, 0.6) is 0 Å². The maximum Gasteiger partial charge on any atom is 0.332 e. The molecule has 0 saturated heterocycles. The van der Waals surface area contributed by atoms with E-state index in [4.69, 9.17) is 18.3 Å². The van der Waals surface area contributed by atoms with Gasteiger partial charge >= 0.3 is 14.3 Å². The molecule has 0 aliphatic heterocycles. The zero-order valence-corrected chi connectivity index (χ0v) is 17.3. The van der Waals surface area contributed by atoms with Crippen LogP contribution in [-0.4, -0.2) is 43.1 Å². The molecule has 9 heteroatoms. The van der Waals surface area contributed by atoms with E-state index in [9.17, 15) is 9.59 Å². The number of nitrogens with zero attached hydrogens (tertiary/aromatic N) is 1. The number of methoxy groups -OCH3 is 1. The van der Waals surface area contributed by atoms with E-state index in [0.717, 1.165) is 0 Å². The van der Waals surface area contributed by atoms with Gasteiger partial charge in [-0.15, -0.1) is 0 Å². The number of aromatic nitrogens is 2. The van der Waals surface area contributed by atoms with Gasteiger partial charge in [0.15, 0.2) is 0 Å². The number of hydrogen-bond acceptors (Lipinski definition) is 6. The number of rotatable bonds is 11. The Morgan fingerprint density at radius 1 is 1.26 bits per heavy atom. The summed E-state index contributed by atoms with van der Waals surface area (Å²) in [6.45, 7) is 3.67. The van der Waals surface area contributed by atoms with Gasteiger partial charge in [-0.3, -0.25) is 9.78 Å². The van der Waals surface area contributed by atoms with Gasteiger partial charge in [-0.2, -0.15) is 0 Å². The number of H-pyrrole nitrogens is 1. The van der Waals surface area contributed by atoms with Crippen LogP contribution in [0.1, 0.15) is 39.0 Å². The molecule has 0 bridgehead atoms. The highest BCUT2D eigenvalue weighted by Gasteiger charge is 2.24. The molecular formula is C18H31N2O6P. The molecule has 1 aliphatic rings. The zero-order valence-electron chi connectivity index (χ0n) is 16.4. The topological polar surface area (TPSA) is 91.8 Å². The summed E-state index contributed by atoms with van der Waals surface area (Å²) in [6, 6.07) is 1.32. The Hall–Kier alpha value is -1.05. The van der Waals surface area contributed by atoms with E-state index >= 15 is 0 Å². The number of ether oxygens (including phenoxy) is 1. The largest absolute Gasteiger partial charge is 0.379 e. The summed E-state index contributed by atoms with van der Waals surface area (Å²) < 4.78 is 23.8. The van der Waals surface area contributed by atoms with Crippen LogP contribution in [0.2, 0.25) is 0 Å². The van der Waals surface area contributed by atoms with E-state index in [0.29, 0.717) is 38.0 Å². The van der Waals surface area contributed by atoms with Crippen LogP contribution >= 0.6 is 8.60 Å². The molecule has 1 aromatic heterocycles. The van der Waals surface area contributed by atoms with Crippen LogP contribution < -0.4 is 11.2 Å². The Labute approximate surface area is 161 Å². The van der Waals surface area contributed by atoms with Crippen molar-refractivity contribution in [2.45, 2.75) is 51.7 Å². The highest BCUT2D eigenvalue weighted by Crippen LogP contribution is 2.41. The highest BCUT2D eigenvalue weighted by atomic mass is 31.2. The molecule has 2 rings (SSSR count). The third kappa shape index (κ3) is 7.47. The molecule has 154 valence electrons. The summed E-state index contributed by atoms with van der Waals surface area (Å²) >= 11 is 0. The van der Waals surface area contributed by atoms with Crippen LogP contribution in [0.25, 0.3) is 0 Å². The van der Waals surface area contributed by atoms with Crippen LogP contribution in [0.15, 0.2) is 21.9 Å². The van der Waals surface area contributed by atoms with Crippen molar-refractivity contribution < 1.29 is 18.3 Å². The molecule has 27 heavy (non-hydrogen) atoms. The molecule has 1 saturated carbocycles. The van der Waals surface area contributed by atoms with Gasteiger partial charge in [-0.1, -0.05) is 26.2 Å². The second-order valence-corrected chi connectivity index (χ2v) is 8.30. The average molecular weight is 402 g/mol. The predicted molar refractivity (Wildman–Crippen MR) is 104 cm³/mol. The van der Waals surface area contributed by atoms with Crippen molar-refractivity contribution in [2.24, 2.45) is 11.8 Å². The second kappa shape index (κ2) is 11.7. The molecule has 4 unspecified atom stereocenters. The predicted octanol–water partition coefficient (Wildman–Crippen LogP) is 2.67. The molecule has 0 aromatic carbocycles. The summed E-state index contributed by atoms with van der Waals surface area (Å²) in [7, 11) is 1.77. The van der Waals surface area contributed by atoms with Crippen LogP contribution in [0, 0.1) is 11.8 Å². The van der Waals surface area contributed by atoms with Gasteiger partial charge in [-0.05, 0) is 24.7 Å². The Balaban J connectivity index is 1.75. The smallest absolute Gasteiger partial charge is 0.332 e. The fraction of sp³-hybridized carbons (Fsp3) is 0.778. The van der Waals surface area contributed by atoms with Gasteiger partial charge in [0, 0.05) is 33.0 Å². The average Bonchev–Trinajstić information content (AvgIpc) is 2.66. The maximum absolute atomic E-state index is 11.7. The first-order valence-corrected chi connectivity index (χ1v) is 10.6. The maximum atomic E-state index is 11.7. The van der Waals surface area contributed by atoms with Crippen molar-refractivity contribution in [1.82, 2.24) is 9.55 Å². The lowest BCUT2D eigenvalue weighted by atomic mass is 9.81. The minimum absolute atomic E-state index is 0.207. The molecule has 4 atom stereocenters. The first-order chi connectivity index (χ1) is 13.0. The number of nitrogens with one attached hydrogen (secondary N) is 1. The van der Waals surface area contributed by atoms with Gasteiger partial charge < -0.3 is 22.9 Å². The summed E-state index contributed by atoms with van der Waals surface area (Å²) in [5.74, 6) is 1.24. The molecule has 0 radical (unpaired) electrons. The minimum atomic E-state index is -1.41. The Bertz CT molecular complexity index is 664. The van der Waals surface area contributed by atoms with E-state index < -0.39 is 19.9 Å². The lowest BCUT2D eigenvalue weighted by molar-refractivity contribution is 0.0356. The Morgan fingerprint density at radius 2 is 2.04 bits per heavy atom. The van der Waals surface area contributed by atoms with Crippen molar-refractivity contribution in [3.05, 3.63) is 33.1 Å². The van der Waals surface area contributed by atoms with Crippen molar-refractivity contribution in [2.75, 3.05) is 27.4 Å². The van der Waals surface area contributed by atoms with Crippen LogP contribution in [-0.2, 0) is 24.9 Å². The lowest BCUT2D eigenvalue weighted by Crippen LogP contribution is -2.30. The first kappa shape index (κ1) is 22.2. The number of hydrogen-bond donors (Lipinski definition) is 1. The SMILES string of the molecule is COC(CCn1ccc(=O)[nH]c1=O)COP(OC)OCC1CCCCC1C. The standard InChI is InChI=1S/C18H31N2O6P/c1-14-6-4-5-7-15(14)12-25-27(24-3)26-13-16(23-2)8-10-20-11-9-17(21)19-18(20)22/h9,11,14-16H,4-8,10,12-13H2,1-3H3,(H,19,21,22). The van der Waals surface area contributed by atoms with Crippen molar-refractivity contribution in [3.8, 4) is 0 Å². The molecule has 8 nitrogen and oxygen atoms in total. The highest BCUT2D eigenvalue weighted by molar-refractivity contribution is 7.41. The van der Waals surface area contributed by atoms with Crippen molar-refractivity contribution in [3.63, 3.8) is 0 Å². The minimum Gasteiger partial charge on any atom is -0.379 e. The van der Waals surface area contributed by atoms with Gasteiger partial charge in [0.25, 0.3) is 5.56 Å². The number of aromatic amines is 1. The van der Waals surface area contributed by atoms with Crippen LogP contribution in [0.3, 0.4) is 0 Å². The van der Waals surface area contributed by atoms with E-state index in [-0.39, 0.29) is 6.10 Å². The fourth-order valence-corrected chi connectivity index (χ4v) is 4.14. The molecule has 1 heterocycles. The molecule has 0 spiro atoms. The lowest BCUT2D eigenvalue weighted by Gasteiger charge is -2.29. The van der Waals surface area contributed by atoms with Gasteiger partial charge in [0.1, 0.15) is 0 Å². The third-order valence-electron chi connectivity index (χ3n) is 5.12. The van der Waals surface area contributed by atoms with E-state index in [2.05, 4.69) is 11.9 Å². The Kier molecular flexibility index (Phi) is 9.65. The fourth-order valence-electron chi connectivity index (χ4n) is 3.26. The summed E-state index contributed by atoms with van der Waals surface area (Å²) in [6.07, 6.45) is 6.86. The monoisotopic (exact) mass is 402 g/mol. The molecular weight excluding hydrogens is 371 g/mol. The summed E-state index contributed by atoms with van der Waals surface area (Å²) in [5.41, 5.74) is -0.833. The van der Waals surface area contributed by atoms with E-state index in [1.165, 1.54) is 42.5 Å². The molecule has 1 aromatic rings. The molecule has 1 fully saturated rings. The van der Waals surface area contributed by atoms with Gasteiger partial charge in [-0.25, -0.2) is 4.79 Å². The molecule has 0 amide bonds. The summed E-state index contributed by atoms with van der Waals surface area (Å²) in [5, 5.41) is 0. The Morgan fingerprint density at radius 3 is 2.70 bits per heavy atom. The quantitative estimate of drug-likeness (QED) is 0.572. The van der Waals surface area contributed by atoms with Crippen LogP contribution in [0.4, 0.5) is 0 Å². The number of aryl methyl sites for hydroxylation is 1. The van der Waals surface area contributed by atoms with Gasteiger partial charge in [0.05, 0.1) is 19.3 Å². The zero-order chi connectivity index (χ0) is 19.6. The van der Waals surface area contributed by atoms with E-state index in [1.807, 2.05) is 0 Å². The summed E-state index contributed by atoms with van der Waals surface area (Å²) in [4.78, 5) is 25.1. The first-order valence-electron chi connectivity index (χ1n) is 9.46.